The van der Waals surface area contributed by atoms with Gasteiger partial charge in [0.25, 0.3) is 0 Å². The number of carbonyl (C=O) groups is 1. The fourth-order valence-electron chi connectivity index (χ4n) is 3.24. The molecule has 29 heavy (non-hydrogen) atoms. The van der Waals surface area contributed by atoms with Gasteiger partial charge in [-0.05, 0) is 58.1 Å². The Morgan fingerprint density at radius 2 is 1.69 bits per heavy atom. The van der Waals surface area contributed by atoms with Crippen LogP contribution in [0.3, 0.4) is 0 Å². The van der Waals surface area contributed by atoms with Crippen LogP contribution in [0.25, 0.3) is 0 Å². The lowest BCUT2D eigenvalue weighted by atomic mass is 9.99. The van der Waals surface area contributed by atoms with E-state index in [9.17, 15) is 13.2 Å². The molecule has 0 bridgehead atoms. The molecule has 0 aromatic heterocycles. The number of hydrogen-bond donors (Lipinski definition) is 1. The van der Waals surface area contributed by atoms with Gasteiger partial charge in [-0.25, -0.2) is 13.2 Å². The van der Waals surface area contributed by atoms with Crippen LogP contribution in [0.5, 0.6) is 0 Å². The molecule has 1 saturated heterocycles. The summed E-state index contributed by atoms with van der Waals surface area (Å²) in [6.45, 7) is 5.49. The smallest absolute Gasteiger partial charge is 0.321 e. The summed E-state index contributed by atoms with van der Waals surface area (Å²) in [5.74, 6) is 0.401. The maximum absolute atomic E-state index is 13.0. The molecule has 8 heteroatoms. The van der Waals surface area contributed by atoms with Gasteiger partial charge in [0.15, 0.2) is 0 Å². The third-order valence-electron chi connectivity index (χ3n) is 5.34. The lowest BCUT2D eigenvalue weighted by Crippen LogP contribution is -2.51. The quantitative estimate of drug-likeness (QED) is 0.685. The lowest BCUT2D eigenvalue weighted by molar-refractivity contribution is 0.184. The molecule has 6 nitrogen and oxygen atoms in total. The second kappa shape index (κ2) is 9.28. The van der Waals surface area contributed by atoms with Crippen molar-refractivity contribution in [2.45, 2.75) is 31.1 Å². The Labute approximate surface area is 181 Å². The number of hydrogen-bond acceptors (Lipinski definition) is 3. The Morgan fingerprint density at radius 1 is 1.07 bits per heavy atom. The lowest BCUT2D eigenvalue weighted by Gasteiger charge is -2.34. The monoisotopic (exact) mass is 479 g/mol. The van der Waals surface area contributed by atoms with E-state index in [-0.39, 0.29) is 19.1 Å². The second-order valence-electron chi connectivity index (χ2n) is 7.18. The minimum Gasteiger partial charge on any atom is -0.322 e. The van der Waals surface area contributed by atoms with E-state index in [4.69, 9.17) is 0 Å². The third-order valence-corrected chi connectivity index (χ3v) is 7.94. The fraction of sp³-hybridized carbons (Fsp3) is 0.381. The number of anilines is 1. The van der Waals surface area contributed by atoms with E-state index >= 15 is 0 Å². The maximum atomic E-state index is 13.0. The summed E-state index contributed by atoms with van der Waals surface area (Å²) in [5.41, 5.74) is 1.83. The molecular formula is C21H26BrN3O3S. The highest BCUT2D eigenvalue weighted by Crippen LogP contribution is 2.24. The highest BCUT2D eigenvalue weighted by atomic mass is 79.9. The van der Waals surface area contributed by atoms with Crippen LogP contribution in [0.15, 0.2) is 57.9 Å². The van der Waals surface area contributed by atoms with Gasteiger partial charge in [0.1, 0.15) is 0 Å². The molecule has 1 aliphatic rings. The van der Waals surface area contributed by atoms with Gasteiger partial charge in [0.2, 0.25) is 10.0 Å². The van der Waals surface area contributed by atoms with Gasteiger partial charge < -0.3 is 10.2 Å². The number of benzene rings is 2. The minimum atomic E-state index is -3.56. The fourth-order valence-corrected chi connectivity index (χ4v) is 5.05. The number of piperazine rings is 1. The first-order valence-electron chi connectivity index (χ1n) is 9.73. The van der Waals surface area contributed by atoms with Crippen molar-refractivity contribution in [3.63, 3.8) is 0 Å². The van der Waals surface area contributed by atoms with Gasteiger partial charge in [0, 0.05) is 30.7 Å². The predicted molar refractivity (Wildman–Crippen MR) is 119 cm³/mol. The van der Waals surface area contributed by atoms with E-state index < -0.39 is 10.0 Å². The average molecular weight is 480 g/mol. The first-order valence-corrected chi connectivity index (χ1v) is 12.0. The molecule has 3 rings (SSSR count). The molecular weight excluding hydrogens is 454 g/mol. The number of carbonyl (C=O) groups excluding carboxylic acids is 1. The van der Waals surface area contributed by atoms with E-state index in [0.717, 1.165) is 16.5 Å². The first kappa shape index (κ1) is 21.8. The highest BCUT2D eigenvalue weighted by Gasteiger charge is 2.30. The summed E-state index contributed by atoms with van der Waals surface area (Å²) < 4.78 is 28.2. The SMILES string of the molecule is CC[C@H](C)c1ccc(S(=O)(=O)N2CCN(C(=O)Nc3ccccc3Br)CC2)cc1. The minimum absolute atomic E-state index is 0.230. The molecule has 0 unspecified atom stereocenters. The molecule has 0 aliphatic carbocycles. The molecule has 1 aliphatic heterocycles. The molecule has 1 heterocycles. The summed E-state index contributed by atoms with van der Waals surface area (Å²) in [6, 6.07) is 14.3. The van der Waals surface area contributed by atoms with Crippen molar-refractivity contribution >= 4 is 37.7 Å². The van der Waals surface area contributed by atoms with Crippen LogP contribution in [0, 0.1) is 0 Å². The number of halogens is 1. The number of nitrogens with one attached hydrogen (secondary N) is 1. The normalized spacial score (nSPS) is 16.4. The Hall–Kier alpha value is -1.90. The van der Waals surface area contributed by atoms with Crippen molar-refractivity contribution in [1.82, 2.24) is 9.21 Å². The zero-order chi connectivity index (χ0) is 21.0. The van der Waals surface area contributed by atoms with Crippen molar-refractivity contribution in [2.24, 2.45) is 0 Å². The van der Waals surface area contributed by atoms with Crippen molar-refractivity contribution in [2.75, 3.05) is 31.5 Å². The van der Waals surface area contributed by atoms with E-state index in [1.54, 1.807) is 17.0 Å². The zero-order valence-electron chi connectivity index (χ0n) is 16.6. The number of urea groups is 1. The summed E-state index contributed by atoms with van der Waals surface area (Å²) in [5, 5.41) is 2.86. The zero-order valence-corrected chi connectivity index (χ0v) is 19.0. The van der Waals surface area contributed by atoms with Gasteiger partial charge in [0.05, 0.1) is 10.6 Å². The predicted octanol–water partition coefficient (Wildman–Crippen LogP) is 4.50. The van der Waals surface area contributed by atoms with Gasteiger partial charge >= 0.3 is 6.03 Å². The molecule has 2 aromatic carbocycles. The van der Waals surface area contributed by atoms with Crippen molar-refractivity contribution in [3.05, 3.63) is 58.6 Å². The molecule has 2 aromatic rings. The third kappa shape index (κ3) is 4.99. The Kier molecular flexibility index (Phi) is 6.97. The summed E-state index contributed by atoms with van der Waals surface area (Å²) >= 11 is 3.41. The molecule has 1 atom stereocenters. The number of sulfonamides is 1. The maximum Gasteiger partial charge on any atom is 0.321 e. The van der Waals surface area contributed by atoms with Crippen LogP contribution in [-0.4, -0.2) is 49.8 Å². The number of para-hydroxylation sites is 1. The molecule has 0 spiro atoms. The van der Waals surface area contributed by atoms with E-state index in [1.807, 2.05) is 36.4 Å². The van der Waals surface area contributed by atoms with E-state index in [1.165, 1.54) is 4.31 Å². The van der Waals surface area contributed by atoms with E-state index in [0.29, 0.717) is 29.6 Å². The molecule has 1 N–H and O–H groups in total. The summed E-state index contributed by atoms with van der Waals surface area (Å²) in [7, 11) is -3.56. The second-order valence-corrected chi connectivity index (χ2v) is 9.97. The van der Waals surface area contributed by atoms with Crippen LogP contribution < -0.4 is 5.32 Å². The largest absolute Gasteiger partial charge is 0.322 e. The first-order chi connectivity index (χ1) is 13.8. The summed E-state index contributed by atoms with van der Waals surface area (Å²) in [4.78, 5) is 14.4. The molecule has 0 radical (unpaired) electrons. The van der Waals surface area contributed by atoms with Crippen molar-refractivity contribution in [3.8, 4) is 0 Å². The van der Waals surface area contributed by atoms with Gasteiger partial charge in [-0.3, -0.25) is 0 Å². The van der Waals surface area contributed by atoms with Crippen LogP contribution >= 0.6 is 15.9 Å². The van der Waals surface area contributed by atoms with Crippen molar-refractivity contribution < 1.29 is 13.2 Å². The van der Waals surface area contributed by atoms with Crippen LogP contribution in [0.2, 0.25) is 0 Å². The Morgan fingerprint density at radius 3 is 2.28 bits per heavy atom. The average Bonchev–Trinajstić information content (AvgIpc) is 2.75. The topological polar surface area (TPSA) is 69.7 Å². The van der Waals surface area contributed by atoms with Crippen LogP contribution in [0.4, 0.5) is 10.5 Å². The Bertz CT molecular complexity index is 955. The van der Waals surface area contributed by atoms with E-state index in [2.05, 4.69) is 35.1 Å². The van der Waals surface area contributed by atoms with Gasteiger partial charge in [-0.1, -0.05) is 38.1 Å². The number of amides is 2. The molecule has 2 amide bonds. The molecule has 1 fully saturated rings. The van der Waals surface area contributed by atoms with Gasteiger partial charge in [-0.15, -0.1) is 0 Å². The number of rotatable bonds is 5. The Balaban J connectivity index is 1.62. The van der Waals surface area contributed by atoms with Gasteiger partial charge in [-0.2, -0.15) is 4.31 Å². The van der Waals surface area contributed by atoms with Crippen LogP contribution in [-0.2, 0) is 10.0 Å². The number of nitrogens with zero attached hydrogens (tertiary/aromatic N) is 2. The van der Waals surface area contributed by atoms with Crippen LogP contribution in [0.1, 0.15) is 31.7 Å². The summed E-state index contributed by atoms with van der Waals surface area (Å²) in [6.07, 6.45) is 1.01. The highest BCUT2D eigenvalue weighted by molar-refractivity contribution is 9.10. The standard InChI is InChI=1S/C21H26BrN3O3S/c1-3-16(2)17-8-10-18(11-9-17)29(27,28)25-14-12-24(13-15-25)21(26)23-20-7-5-4-6-19(20)22/h4-11,16H,3,12-15H2,1-2H3,(H,23,26)/t16-/m0/s1. The molecule has 156 valence electrons. The molecule has 0 saturated carbocycles. The van der Waals surface area contributed by atoms with Crippen molar-refractivity contribution in [1.29, 1.82) is 0 Å².